The minimum atomic E-state index is 0. The summed E-state index contributed by atoms with van der Waals surface area (Å²) in [7, 11) is 0. The molecular weight excluding hydrogens is 244 g/mol. The average Bonchev–Trinajstić information content (AvgIpc) is 2.39. The van der Waals surface area contributed by atoms with E-state index in [9.17, 15) is 0 Å². The molecule has 0 bridgehead atoms. The van der Waals surface area contributed by atoms with Crippen LogP contribution in [0.3, 0.4) is 0 Å². The molecule has 102 valence electrons. The van der Waals surface area contributed by atoms with Crippen LogP contribution in [0.1, 0.15) is 32.6 Å². The number of para-hydroxylation sites is 1. The van der Waals surface area contributed by atoms with Crippen molar-refractivity contribution in [2.24, 2.45) is 5.92 Å². The maximum Gasteiger partial charge on any atom is 0.0342 e. The van der Waals surface area contributed by atoms with Crippen molar-refractivity contribution in [2.75, 3.05) is 18.4 Å². The Labute approximate surface area is 117 Å². The summed E-state index contributed by atoms with van der Waals surface area (Å²) in [4.78, 5) is 0. The number of hydrogen-bond donors (Lipinski definition) is 2. The van der Waals surface area contributed by atoms with E-state index in [0.717, 1.165) is 12.5 Å². The van der Waals surface area contributed by atoms with Crippen molar-refractivity contribution in [3.63, 3.8) is 0 Å². The van der Waals surface area contributed by atoms with Gasteiger partial charge in [0.2, 0.25) is 0 Å². The lowest BCUT2D eigenvalue weighted by atomic mass is 9.88. The molecule has 2 rings (SSSR count). The molecule has 0 amide bonds. The van der Waals surface area contributed by atoms with E-state index in [0.29, 0.717) is 6.04 Å². The fraction of sp³-hybridized carbons (Fsp3) is 0.600. The Hall–Kier alpha value is -0.730. The van der Waals surface area contributed by atoms with Gasteiger partial charge in [-0.3, -0.25) is 0 Å². The summed E-state index contributed by atoms with van der Waals surface area (Å²) in [5, 5.41) is 7.22. The van der Waals surface area contributed by atoms with Gasteiger partial charge in [0.1, 0.15) is 0 Å². The maximum absolute atomic E-state index is 3.70. The number of piperidine rings is 1. The molecule has 18 heavy (non-hydrogen) atoms. The molecule has 1 aliphatic heterocycles. The third kappa shape index (κ3) is 4.51. The number of halogens is 1. The molecule has 1 fully saturated rings. The van der Waals surface area contributed by atoms with Crippen molar-refractivity contribution < 1.29 is 0 Å². The molecule has 1 aliphatic rings. The number of rotatable bonds is 5. The minimum absolute atomic E-state index is 0. The third-order valence-electron chi connectivity index (χ3n) is 3.66. The molecule has 1 aromatic rings. The molecule has 2 nitrogen and oxygen atoms in total. The average molecular weight is 269 g/mol. The van der Waals surface area contributed by atoms with E-state index in [1.807, 2.05) is 0 Å². The predicted molar refractivity (Wildman–Crippen MR) is 81.6 cm³/mol. The van der Waals surface area contributed by atoms with E-state index >= 15 is 0 Å². The zero-order valence-corrected chi connectivity index (χ0v) is 12.0. The fourth-order valence-electron chi connectivity index (χ4n) is 2.63. The van der Waals surface area contributed by atoms with Crippen LogP contribution >= 0.6 is 12.4 Å². The molecule has 0 aromatic heterocycles. The molecule has 0 radical (unpaired) electrons. The van der Waals surface area contributed by atoms with Gasteiger partial charge in [-0.2, -0.15) is 0 Å². The Balaban J connectivity index is 0.00000162. The van der Waals surface area contributed by atoms with Crippen molar-refractivity contribution in [3.05, 3.63) is 30.3 Å². The van der Waals surface area contributed by atoms with Crippen molar-refractivity contribution in [3.8, 4) is 0 Å². The molecule has 0 aliphatic carbocycles. The molecule has 1 aromatic carbocycles. The summed E-state index contributed by atoms with van der Waals surface area (Å²) in [5.41, 5.74) is 1.26. The van der Waals surface area contributed by atoms with Gasteiger partial charge < -0.3 is 10.6 Å². The van der Waals surface area contributed by atoms with Crippen LogP contribution in [0.25, 0.3) is 0 Å². The molecule has 1 heterocycles. The van der Waals surface area contributed by atoms with E-state index in [4.69, 9.17) is 0 Å². The third-order valence-corrected chi connectivity index (χ3v) is 3.66. The first-order valence-electron chi connectivity index (χ1n) is 6.92. The highest BCUT2D eigenvalue weighted by Crippen LogP contribution is 2.21. The first-order chi connectivity index (χ1) is 8.40. The van der Waals surface area contributed by atoms with Crippen LogP contribution in [-0.4, -0.2) is 19.1 Å². The van der Waals surface area contributed by atoms with E-state index in [1.165, 1.54) is 37.9 Å². The second-order valence-corrected chi connectivity index (χ2v) is 5.01. The van der Waals surface area contributed by atoms with Crippen molar-refractivity contribution in [1.29, 1.82) is 0 Å². The molecule has 2 N–H and O–H groups in total. The highest BCUT2D eigenvalue weighted by Gasteiger charge is 2.23. The van der Waals surface area contributed by atoms with Crippen LogP contribution in [0.2, 0.25) is 0 Å². The summed E-state index contributed by atoms with van der Waals surface area (Å²) in [6.07, 6.45) is 5.23. The zero-order valence-electron chi connectivity index (χ0n) is 11.2. The predicted octanol–water partition coefficient (Wildman–Crippen LogP) is 3.69. The molecule has 0 saturated carbocycles. The molecular formula is C15H25ClN2. The van der Waals surface area contributed by atoms with Gasteiger partial charge in [0.05, 0.1) is 0 Å². The second-order valence-electron chi connectivity index (χ2n) is 5.01. The largest absolute Gasteiger partial charge is 0.382 e. The van der Waals surface area contributed by atoms with E-state index < -0.39 is 0 Å². The van der Waals surface area contributed by atoms with Gasteiger partial charge in [-0.05, 0) is 44.0 Å². The SMILES string of the molecule is CCCCC1CNCCC1Nc1ccccc1.Cl. The van der Waals surface area contributed by atoms with Gasteiger partial charge in [-0.15, -0.1) is 12.4 Å². The van der Waals surface area contributed by atoms with Crippen LogP contribution in [0.4, 0.5) is 5.69 Å². The minimum Gasteiger partial charge on any atom is -0.382 e. The van der Waals surface area contributed by atoms with Gasteiger partial charge in [0, 0.05) is 11.7 Å². The van der Waals surface area contributed by atoms with Crippen LogP contribution in [0.15, 0.2) is 30.3 Å². The normalized spacial score (nSPS) is 23.2. The van der Waals surface area contributed by atoms with Gasteiger partial charge in [-0.1, -0.05) is 38.0 Å². The fourth-order valence-corrected chi connectivity index (χ4v) is 2.63. The number of benzene rings is 1. The summed E-state index contributed by atoms with van der Waals surface area (Å²) >= 11 is 0. The molecule has 3 heteroatoms. The number of anilines is 1. The van der Waals surface area contributed by atoms with Crippen molar-refractivity contribution >= 4 is 18.1 Å². The number of nitrogens with one attached hydrogen (secondary N) is 2. The monoisotopic (exact) mass is 268 g/mol. The van der Waals surface area contributed by atoms with E-state index in [2.05, 4.69) is 47.9 Å². The smallest absolute Gasteiger partial charge is 0.0342 e. The van der Waals surface area contributed by atoms with Crippen LogP contribution in [0.5, 0.6) is 0 Å². The van der Waals surface area contributed by atoms with Crippen LogP contribution in [-0.2, 0) is 0 Å². The Morgan fingerprint density at radius 1 is 1.28 bits per heavy atom. The molecule has 2 unspecified atom stereocenters. The Morgan fingerprint density at radius 2 is 2.06 bits per heavy atom. The molecule has 2 atom stereocenters. The summed E-state index contributed by atoms with van der Waals surface area (Å²) in [6, 6.07) is 11.2. The van der Waals surface area contributed by atoms with Crippen LogP contribution < -0.4 is 10.6 Å². The van der Waals surface area contributed by atoms with E-state index in [-0.39, 0.29) is 12.4 Å². The summed E-state index contributed by atoms with van der Waals surface area (Å²) in [6.45, 7) is 4.59. The highest BCUT2D eigenvalue weighted by molar-refractivity contribution is 5.85. The number of unbranched alkanes of at least 4 members (excludes halogenated alkanes) is 1. The quantitative estimate of drug-likeness (QED) is 0.851. The van der Waals surface area contributed by atoms with Gasteiger partial charge in [-0.25, -0.2) is 0 Å². The molecule has 0 spiro atoms. The highest BCUT2D eigenvalue weighted by atomic mass is 35.5. The zero-order chi connectivity index (χ0) is 11.9. The first kappa shape index (κ1) is 15.3. The molecule has 1 saturated heterocycles. The van der Waals surface area contributed by atoms with Crippen molar-refractivity contribution in [2.45, 2.75) is 38.6 Å². The first-order valence-corrected chi connectivity index (χ1v) is 6.92. The van der Waals surface area contributed by atoms with Gasteiger partial charge in [0.25, 0.3) is 0 Å². The Morgan fingerprint density at radius 3 is 2.78 bits per heavy atom. The second kappa shape index (κ2) is 8.39. The van der Waals surface area contributed by atoms with Gasteiger partial charge >= 0.3 is 0 Å². The summed E-state index contributed by atoms with van der Waals surface area (Å²) in [5.74, 6) is 0.781. The lowest BCUT2D eigenvalue weighted by Gasteiger charge is -2.33. The summed E-state index contributed by atoms with van der Waals surface area (Å²) < 4.78 is 0. The lowest BCUT2D eigenvalue weighted by Crippen LogP contribution is -2.43. The van der Waals surface area contributed by atoms with Gasteiger partial charge in [0.15, 0.2) is 0 Å². The standard InChI is InChI=1S/C15H24N2.ClH/c1-2-3-7-13-12-16-11-10-15(13)17-14-8-5-4-6-9-14;/h4-6,8-9,13,15-17H,2-3,7,10-12H2,1H3;1H. The number of hydrogen-bond acceptors (Lipinski definition) is 2. The Bertz CT molecular complexity index is 316. The van der Waals surface area contributed by atoms with Crippen LogP contribution in [0, 0.1) is 5.92 Å². The Kier molecular flexibility index (Phi) is 7.14. The van der Waals surface area contributed by atoms with Crippen molar-refractivity contribution in [1.82, 2.24) is 5.32 Å². The van der Waals surface area contributed by atoms with E-state index in [1.54, 1.807) is 0 Å². The maximum atomic E-state index is 3.70. The lowest BCUT2D eigenvalue weighted by molar-refractivity contribution is 0.319. The topological polar surface area (TPSA) is 24.1 Å².